The van der Waals surface area contributed by atoms with Crippen LogP contribution >= 0.6 is 0 Å². The van der Waals surface area contributed by atoms with Crippen molar-refractivity contribution in [2.75, 3.05) is 20.3 Å². The van der Waals surface area contributed by atoms with Crippen molar-refractivity contribution in [2.45, 2.75) is 137 Å². The summed E-state index contributed by atoms with van der Waals surface area (Å²) in [4.78, 5) is 12.0. The molecule has 0 aromatic rings. The number of ether oxygens (including phenoxy) is 3. The zero-order valence-electron chi connectivity index (χ0n) is 26.9. The minimum atomic E-state index is -1.14. The Bertz CT molecular complexity index is 930. The van der Waals surface area contributed by atoms with E-state index < -0.39 is 11.7 Å². The van der Waals surface area contributed by atoms with E-state index in [4.69, 9.17) is 14.2 Å². The first-order chi connectivity index (χ1) is 18.6. The Kier molecular flexibility index (Phi) is 8.30. The summed E-state index contributed by atoms with van der Waals surface area (Å²) in [5, 5.41) is 14.8. The van der Waals surface area contributed by atoms with Crippen LogP contribution in [0.5, 0.6) is 0 Å². The van der Waals surface area contributed by atoms with Gasteiger partial charge in [0.2, 0.25) is 0 Å². The smallest absolute Gasteiger partial charge is 0.303 e. The van der Waals surface area contributed by atoms with Crippen LogP contribution in [0.2, 0.25) is 0 Å². The van der Waals surface area contributed by atoms with E-state index in [9.17, 15) is 9.90 Å². The highest BCUT2D eigenvalue weighted by Crippen LogP contribution is 2.72. The molecule has 5 rings (SSSR count). The van der Waals surface area contributed by atoms with Gasteiger partial charge in [0.15, 0.2) is 6.10 Å². The topological polar surface area (TPSA) is 77.0 Å². The van der Waals surface area contributed by atoms with Gasteiger partial charge in [-0.1, -0.05) is 34.6 Å². The molecule has 40 heavy (non-hydrogen) atoms. The van der Waals surface area contributed by atoms with E-state index in [0.717, 1.165) is 43.7 Å². The predicted octanol–water partition coefficient (Wildman–Crippen LogP) is 5.99. The molecule has 5 aliphatic rings. The van der Waals surface area contributed by atoms with Crippen molar-refractivity contribution in [3.63, 3.8) is 0 Å². The SMILES string of the molecule is COCCN[C@H]1CCC2C(CC[C@H]3C4CC5O[C@@H]([C@H](OC(C)=O)C(C)(C)O)C[C@@H](C)C5[C@@]4(C)CC[C@@]23C)C1(C)C. The number of hydrogen-bond acceptors (Lipinski definition) is 6. The second kappa shape index (κ2) is 10.8. The van der Waals surface area contributed by atoms with Crippen LogP contribution in [-0.4, -0.2) is 61.3 Å². The Hall–Kier alpha value is -0.690. The average Bonchev–Trinajstić information content (AvgIpc) is 3.16. The maximum atomic E-state index is 12.0. The maximum absolute atomic E-state index is 12.0. The van der Waals surface area contributed by atoms with Crippen molar-refractivity contribution in [1.29, 1.82) is 0 Å². The fraction of sp³-hybridized carbons (Fsp3) is 0.971. The van der Waals surface area contributed by atoms with Crippen LogP contribution in [0, 0.1) is 51.8 Å². The molecule has 0 amide bonds. The Morgan fingerprint density at radius 1 is 1.00 bits per heavy atom. The summed E-state index contributed by atoms with van der Waals surface area (Å²) in [5.74, 6) is 3.66. The molecule has 5 fully saturated rings. The summed E-state index contributed by atoms with van der Waals surface area (Å²) >= 11 is 0. The predicted molar refractivity (Wildman–Crippen MR) is 158 cm³/mol. The first kappa shape index (κ1) is 30.8. The average molecular weight is 562 g/mol. The molecule has 0 radical (unpaired) electrons. The summed E-state index contributed by atoms with van der Waals surface area (Å²) in [6, 6.07) is 0.569. The summed E-state index contributed by atoms with van der Waals surface area (Å²) < 4.78 is 17.9. The molecule has 4 aliphatic carbocycles. The molecule has 0 bridgehead atoms. The largest absolute Gasteiger partial charge is 0.457 e. The number of esters is 1. The molecular formula is C34H59NO5. The summed E-state index contributed by atoms with van der Waals surface area (Å²) in [6.45, 7) is 19.4. The van der Waals surface area contributed by atoms with Gasteiger partial charge in [-0.05, 0) is 117 Å². The van der Waals surface area contributed by atoms with Gasteiger partial charge in [0.1, 0.15) is 0 Å². The van der Waals surface area contributed by atoms with Crippen molar-refractivity contribution in [3.05, 3.63) is 0 Å². The third-order valence-corrected chi connectivity index (χ3v) is 13.4. The molecule has 6 heteroatoms. The summed E-state index contributed by atoms with van der Waals surface area (Å²) in [6.07, 6.45) is 9.15. The third-order valence-electron chi connectivity index (χ3n) is 13.4. The van der Waals surface area contributed by atoms with E-state index in [1.54, 1.807) is 21.0 Å². The van der Waals surface area contributed by atoms with Gasteiger partial charge in [0.05, 0.1) is 24.4 Å². The van der Waals surface area contributed by atoms with Crippen molar-refractivity contribution in [3.8, 4) is 0 Å². The number of nitrogens with one attached hydrogen (secondary N) is 1. The molecule has 0 aromatic heterocycles. The number of fused-ring (bicyclic) bond motifs is 7. The minimum Gasteiger partial charge on any atom is -0.457 e. The van der Waals surface area contributed by atoms with Crippen LogP contribution in [0.4, 0.5) is 0 Å². The monoisotopic (exact) mass is 561 g/mol. The van der Waals surface area contributed by atoms with E-state index in [0.29, 0.717) is 40.0 Å². The van der Waals surface area contributed by atoms with E-state index in [1.807, 2.05) is 0 Å². The van der Waals surface area contributed by atoms with E-state index in [1.165, 1.54) is 45.4 Å². The molecule has 2 N–H and O–H groups in total. The normalized spacial score (nSPS) is 46.9. The zero-order valence-corrected chi connectivity index (χ0v) is 26.9. The lowest BCUT2D eigenvalue weighted by atomic mass is 9.40. The fourth-order valence-corrected chi connectivity index (χ4v) is 11.6. The molecule has 1 saturated heterocycles. The van der Waals surface area contributed by atoms with Crippen molar-refractivity contribution < 1.29 is 24.1 Å². The van der Waals surface area contributed by atoms with Crippen LogP contribution in [0.3, 0.4) is 0 Å². The van der Waals surface area contributed by atoms with Gasteiger partial charge in [-0.15, -0.1) is 0 Å². The standard InChI is InChI=1S/C34H59NO5/c1-20-18-27(30(32(5,6)37)39-21(2)36)40-26-19-25-24-11-10-22-23(33(24,7)14-15-34(25,8)29(20)26)12-13-28(31(22,3)4)35-16-17-38-9/h20,22-30,35,37H,10-19H2,1-9H3/t20-,22?,23?,24+,25?,26?,27-,28+,29?,30+,33+,34+/m1/s1. The summed E-state index contributed by atoms with van der Waals surface area (Å²) in [5.41, 5.74) is -0.153. The molecule has 4 saturated carbocycles. The highest BCUT2D eigenvalue weighted by atomic mass is 16.6. The number of carbonyl (C=O) groups is 1. The van der Waals surface area contributed by atoms with Crippen LogP contribution in [-0.2, 0) is 19.0 Å². The molecule has 0 aromatic carbocycles. The lowest BCUT2D eigenvalue weighted by Gasteiger charge is -2.65. The fourth-order valence-electron chi connectivity index (χ4n) is 11.6. The van der Waals surface area contributed by atoms with Crippen LogP contribution in [0.15, 0.2) is 0 Å². The molecule has 1 heterocycles. The van der Waals surface area contributed by atoms with Crippen molar-refractivity contribution in [1.82, 2.24) is 5.32 Å². The molecule has 230 valence electrons. The summed E-state index contributed by atoms with van der Waals surface area (Å²) in [7, 11) is 1.79. The lowest BCUT2D eigenvalue weighted by Crippen LogP contribution is -2.61. The quantitative estimate of drug-likeness (QED) is 0.294. The second-order valence-electron chi connectivity index (χ2n) is 16.3. The van der Waals surface area contributed by atoms with Gasteiger partial charge in [0, 0.05) is 26.6 Å². The molecule has 12 atom stereocenters. The van der Waals surface area contributed by atoms with Gasteiger partial charge in [-0.25, -0.2) is 0 Å². The van der Waals surface area contributed by atoms with E-state index in [2.05, 4.69) is 39.9 Å². The number of rotatable bonds is 7. The second-order valence-corrected chi connectivity index (χ2v) is 16.3. The third kappa shape index (κ3) is 4.99. The molecule has 1 aliphatic heterocycles. The molecule has 6 nitrogen and oxygen atoms in total. The first-order valence-electron chi connectivity index (χ1n) is 16.4. The zero-order chi connectivity index (χ0) is 29.3. The highest BCUT2D eigenvalue weighted by molar-refractivity contribution is 5.66. The van der Waals surface area contributed by atoms with E-state index >= 15 is 0 Å². The number of methoxy groups -OCH3 is 1. The molecule has 0 spiro atoms. The Labute approximate surface area is 244 Å². The van der Waals surface area contributed by atoms with Gasteiger partial charge >= 0.3 is 5.97 Å². The van der Waals surface area contributed by atoms with Crippen molar-refractivity contribution in [2.24, 2.45) is 51.8 Å². The first-order valence-corrected chi connectivity index (χ1v) is 16.4. The van der Waals surface area contributed by atoms with Crippen LogP contribution < -0.4 is 5.32 Å². The maximum Gasteiger partial charge on any atom is 0.303 e. The van der Waals surface area contributed by atoms with Crippen molar-refractivity contribution >= 4 is 5.97 Å². The van der Waals surface area contributed by atoms with Crippen LogP contribution in [0.25, 0.3) is 0 Å². The van der Waals surface area contributed by atoms with Gasteiger partial charge in [0.25, 0.3) is 0 Å². The van der Waals surface area contributed by atoms with Gasteiger partial charge < -0.3 is 24.6 Å². The Morgan fingerprint density at radius 2 is 1.62 bits per heavy atom. The Morgan fingerprint density at radius 3 is 2.27 bits per heavy atom. The number of hydrogen-bond donors (Lipinski definition) is 2. The van der Waals surface area contributed by atoms with Crippen LogP contribution in [0.1, 0.15) is 107 Å². The number of carbonyl (C=O) groups excluding carboxylic acids is 1. The van der Waals surface area contributed by atoms with Gasteiger partial charge in [-0.3, -0.25) is 4.79 Å². The molecular weight excluding hydrogens is 502 g/mol. The molecule has 5 unspecified atom stereocenters. The highest BCUT2D eigenvalue weighted by Gasteiger charge is 2.67. The number of aliphatic hydroxyl groups is 1. The lowest BCUT2D eigenvalue weighted by molar-refractivity contribution is -0.209. The van der Waals surface area contributed by atoms with E-state index in [-0.39, 0.29) is 18.2 Å². The van der Waals surface area contributed by atoms with Gasteiger partial charge in [-0.2, -0.15) is 0 Å². The Balaban J connectivity index is 1.36. The minimum absolute atomic E-state index is 0.182.